The molecule has 1 fully saturated rings. The minimum absolute atomic E-state index is 0.0939. The summed E-state index contributed by atoms with van der Waals surface area (Å²) in [4.78, 5) is 26.9. The van der Waals surface area contributed by atoms with E-state index in [0.717, 1.165) is 11.1 Å². The second-order valence-electron chi connectivity index (χ2n) is 7.16. The Hall–Kier alpha value is -2.73. The number of carbonyl (C=O) groups is 2. The first-order valence-electron chi connectivity index (χ1n) is 9.20. The zero-order valence-electron chi connectivity index (χ0n) is 15.8. The summed E-state index contributed by atoms with van der Waals surface area (Å²) in [6, 6.07) is 9.16. The van der Waals surface area contributed by atoms with Crippen LogP contribution in [-0.2, 0) is 9.59 Å². The number of hydrogen-bond acceptors (Lipinski definition) is 4. The Morgan fingerprint density at radius 2 is 1.89 bits per heavy atom. The first-order chi connectivity index (χ1) is 13.4. The monoisotopic (exact) mass is 400 g/mol. The molecule has 2 aromatic carbocycles. The summed E-state index contributed by atoms with van der Waals surface area (Å²) in [5.74, 6) is 0.537. The van der Waals surface area contributed by atoms with Crippen molar-refractivity contribution in [3.63, 3.8) is 0 Å². The predicted octanol–water partition coefficient (Wildman–Crippen LogP) is 3.72. The third-order valence-electron chi connectivity index (χ3n) is 5.01. The Labute approximate surface area is 168 Å². The SMILES string of the molecule is Cc1cc(C)c(NC(=O)C2CC(=O)N(c3ccc4c(c3)OCCO4)C2)c(Cl)c1. The van der Waals surface area contributed by atoms with Crippen LogP contribution in [0.2, 0.25) is 5.02 Å². The lowest BCUT2D eigenvalue weighted by Gasteiger charge is -2.22. The highest BCUT2D eigenvalue weighted by atomic mass is 35.5. The Morgan fingerprint density at radius 1 is 1.14 bits per heavy atom. The Bertz CT molecular complexity index is 936. The topological polar surface area (TPSA) is 67.9 Å². The minimum atomic E-state index is -0.447. The summed E-state index contributed by atoms with van der Waals surface area (Å²) in [6.45, 7) is 5.15. The van der Waals surface area contributed by atoms with Crippen LogP contribution in [0.3, 0.4) is 0 Å². The van der Waals surface area contributed by atoms with E-state index in [4.69, 9.17) is 21.1 Å². The highest BCUT2D eigenvalue weighted by molar-refractivity contribution is 6.34. The summed E-state index contributed by atoms with van der Waals surface area (Å²) in [7, 11) is 0. The maximum absolute atomic E-state index is 12.8. The highest BCUT2D eigenvalue weighted by Gasteiger charge is 2.36. The molecule has 0 saturated carbocycles. The summed E-state index contributed by atoms with van der Waals surface area (Å²) in [5, 5.41) is 3.39. The molecule has 1 N–H and O–H groups in total. The number of halogens is 1. The zero-order valence-corrected chi connectivity index (χ0v) is 16.5. The van der Waals surface area contributed by atoms with Crippen LogP contribution in [-0.4, -0.2) is 31.6 Å². The van der Waals surface area contributed by atoms with Gasteiger partial charge in [0.1, 0.15) is 13.2 Å². The van der Waals surface area contributed by atoms with Gasteiger partial charge in [-0.1, -0.05) is 17.7 Å². The number of ether oxygens (including phenoxy) is 2. The van der Waals surface area contributed by atoms with Crippen LogP contribution in [0.15, 0.2) is 30.3 Å². The van der Waals surface area contributed by atoms with E-state index in [9.17, 15) is 9.59 Å². The fourth-order valence-corrected chi connectivity index (χ4v) is 4.00. The molecule has 0 bridgehead atoms. The largest absolute Gasteiger partial charge is 0.486 e. The number of hydrogen-bond donors (Lipinski definition) is 1. The van der Waals surface area contributed by atoms with Gasteiger partial charge in [-0.3, -0.25) is 9.59 Å². The molecule has 0 aliphatic carbocycles. The molecular formula is C21H21ClN2O4. The summed E-state index contributed by atoms with van der Waals surface area (Å²) < 4.78 is 11.1. The average Bonchev–Trinajstić information content (AvgIpc) is 3.06. The van der Waals surface area contributed by atoms with Gasteiger partial charge in [-0.15, -0.1) is 0 Å². The Kier molecular flexibility index (Phi) is 4.89. The van der Waals surface area contributed by atoms with E-state index in [-0.39, 0.29) is 18.2 Å². The third-order valence-corrected chi connectivity index (χ3v) is 5.31. The molecule has 2 aliphatic heterocycles. The van der Waals surface area contributed by atoms with Gasteiger partial charge in [0.05, 0.1) is 16.6 Å². The van der Waals surface area contributed by atoms with Crippen molar-refractivity contribution >= 4 is 34.8 Å². The molecule has 4 rings (SSSR count). The number of anilines is 2. The molecule has 1 unspecified atom stereocenters. The number of aryl methyl sites for hydroxylation is 2. The fraction of sp³-hybridized carbons (Fsp3) is 0.333. The number of amides is 2. The van der Waals surface area contributed by atoms with Gasteiger partial charge in [-0.25, -0.2) is 0 Å². The molecule has 28 heavy (non-hydrogen) atoms. The number of carbonyl (C=O) groups excluding carboxylic acids is 2. The normalized spacial score (nSPS) is 18.3. The van der Waals surface area contributed by atoms with Gasteiger partial charge in [0.2, 0.25) is 11.8 Å². The van der Waals surface area contributed by atoms with Crippen LogP contribution in [0.4, 0.5) is 11.4 Å². The maximum Gasteiger partial charge on any atom is 0.229 e. The lowest BCUT2D eigenvalue weighted by atomic mass is 10.1. The molecule has 146 valence electrons. The van der Waals surface area contributed by atoms with Crippen LogP contribution < -0.4 is 19.7 Å². The number of rotatable bonds is 3. The second-order valence-corrected chi connectivity index (χ2v) is 7.57. The zero-order chi connectivity index (χ0) is 19.8. The maximum atomic E-state index is 12.8. The molecule has 2 heterocycles. The molecule has 0 spiro atoms. The molecular weight excluding hydrogens is 380 g/mol. The number of nitrogens with one attached hydrogen (secondary N) is 1. The van der Waals surface area contributed by atoms with E-state index < -0.39 is 5.92 Å². The van der Waals surface area contributed by atoms with E-state index in [1.165, 1.54) is 0 Å². The van der Waals surface area contributed by atoms with Crippen molar-refractivity contribution in [2.24, 2.45) is 5.92 Å². The van der Waals surface area contributed by atoms with Crippen molar-refractivity contribution in [2.75, 3.05) is 30.0 Å². The van der Waals surface area contributed by atoms with E-state index in [1.807, 2.05) is 32.0 Å². The van der Waals surface area contributed by atoms with Crippen molar-refractivity contribution < 1.29 is 19.1 Å². The Balaban J connectivity index is 1.50. The molecule has 1 atom stereocenters. The van der Waals surface area contributed by atoms with E-state index in [2.05, 4.69) is 5.32 Å². The lowest BCUT2D eigenvalue weighted by molar-refractivity contribution is -0.122. The van der Waals surface area contributed by atoms with E-state index >= 15 is 0 Å². The standard InChI is InChI=1S/C21H21ClN2O4/c1-12-7-13(2)20(16(22)8-12)23-21(26)14-9-19(25)24(11-14)15-3-4-17-18(10-15)28-6-5-27-17/h3-4,7-8,10,14H,5-6,9,11H2,1-2H3,(H,23,26). The minimum Gasteiger partial charge on any atom is -0.486 e. The molecule has 0 aromatic heterocycles. The number of fused-ring (bicyclic) bond motifs is 1. The van der Waals surface area contributed by atoms with Gasteiger partial charge in [0.25, 0.3) is 0 Å². The van der Waals surface area contributed by atoms with Crippen LogP contribution in [0.5, 0.6) is 11.5 Å². The molecule has 2 amide bonds. The van der Waals surface area contributed by atoms with Crippen molar-refractivity contribution in [1.29, 1.82) is 0 Å². The summed E-state index contributed by atoms with van der Waals surface area (Å²) in [5.41, 5.74) is 3.23. The van der Waals surface area contributed by atoms with Crippen molar-refractivity contribution in [3.05, 3.63) is 46.5 Å². The van der Waals surface area contributed by atoms with E-state index in [0.29, 0.717) is 47.7 Å². The lowest BCUT2D eigenvalue weighted by Crippen LogP contribution is -2.28. The van der Waals surface area contributed by atoms with Gasteiger partial charge in [-0.05, 0) is 43.2 Å². The van der Waals surface area contributed by atoms with Crippen LogP contribution in [0.1, 0.15) is 17.5 Å². The first-order valence-corrected chi connectivity index (χ1v) is 9.58. The van der Waals surface area contributed by atoms with E-state index in [1.54, 1.807) is 17.0 Å². The Morgan fingerprint density at radius 3 is 2.64 bits per heavy atom. The predicted molar refractivity (Wildman–Crippen MR) is 107 cm³/mol. The fourth-order valence-electron chi connectivity index (χ4n) is 3.63. The van der Waals surface area contributed by atoms with Crippen LogP contribution >= 0.6 is 11.6 Å². The second kappa shape index (κ2) is 7.36. The van der Waals surface area contributed by atoms with Crippen LogP contribution in [0.25, 0.3) is 0 Å². The van der Waals surface area contributed by atoms with Gasteiger partial charge in [-0.2, -0.15) is 0 Å². The van der Waals surface area contributed by atoms with Gasteiger partial charge in [0.15, 0.2) is 11.5 Å². The van der Waals surface area contributed by atoms with Crippen molar-refractivity contribution in [3.8, 4) is 11.5 Å². The van der Waals surface area contributed by atoms with Crippen molar-refractivity contribution in [2.45, 2.75) is 20.3 Å². The van der Waals surface area contributed by atoms with Gasteiger partial charge >= 0.3 is 0 Å². The molecule has 2 aliphatic rings. The third kappa shape index (κ3) is 3.52. The number of nitrogens with zero attached hydrogens (tertiary/aromatic N) is 1. The first kappa shape index (κ1) is 18.6. The summed E-state index contributed by atoms with van der Waals surface area (Å²) >= 11 is 6.29. The quantitative estimate of drug-likeness (QED) is 0.852. The molecule has 0 radical (unpaired) electrons. The van der Waals surface area contributed by atoms with Gasteiger partial charge in [0, 0.05) is 24.7 Å². The number of benzene rings is 2. The molecule has 2 aromatic rings. The van der Waals surface area contributed by atoms with Gasteiger partial charge < -0.3 is 19.7 Å². The summed E-state index contributed by atoms with van der Waals surface area (Å²) in [6.07, 6.45) is 0.156. The molecule has 7 heteroatoms. The van der Waals surface area contributed by atoms with Crippen LogP contribution in [0, 0.1) is 19.8 Å². The molecule has 6 nitrogen and oxygen atoms in total. The van der Waals surface area contributed by atoms with Crippen molar-refractivity contribution in [1.82, 2.24) is 0 Å². The highest BCUT2D eigenvalue weighted by Crippen LogP contribution is 2.36. The molecule has 1 saturated heterocycles. The smallest absolute Gasteiger partial charge is 0.229 e. The average molecular weight is 401 g/mol.